The summed E-state index contributed by atoms with van der Waals surface area (Å²) >= 11 is 5.62. The van der Waals surface area contributed by atoms with Crippen molar-refractivity contribution in [1.29, 1.82) is 0 Å². The quantitative estimate of drug-likeness (QED) is 0.591. The van der Waals surface area contributed by atoms with Crippen LogP contribution >= 0.6 is 24.0 Å². The third-order valence-electron chi connectivity index (χ3n) is 1.60. The van der Waals surface area contributed by atoms with Crippen molar-refractivity contribution in [2.75, 3.05) is 12.4 Å². The van der Waals surface area contributed by atoms with Crippen LogP contribution in [0.25, 0.3) is 0 Å². The fourth-order valence-corrected chi connectivity index (χ4v) is 1.32. The van der Waals surface area contributed by atoms with Gasteiger partial charge in [-0.2, -0.15) is 0 Å². The van der Waals surface area contributed by atoms with E-state index in [9.17, 15) is 0 Å². The van der Waals surface area contributed by atoms with Gasteiger partial charge in [-0.3, -0.25) is 0 Å². The molecule has 1 atom stereocenters. The van der Waals surface area contributed by atoms with Crippen molar-refractivity contribution in [3.63, 3.8) is 0 Å². The summed E-state index contributed by atoms with van der Waals surface area (Å²) in [6, 6.07) is 0.602. The van der Waals surface area contributed by atoms with E-state index >= 15 is 0 Å². The first-order valence-corrected chi connectivity index (χ1v) is 3.76. The van der Waals surface area contributed by atoms with Gasteiger partial charge < -0.3 is 5.32 Å². The lowest BCUT2D eigenvalue weighted by Gasteiger charge is -2.20. The summed E-state index contributed by atoms with van der Waals surface area (Å²) in [7, 11) is 0. The van der Waals surface area contributed by atoms with Crippen molar-refractivity contribution in [2.45, 2.75) is 25.3 Å². The SMILES string of the molecule is Cl.ClCC1CCCCN1. The summed E-state index contributed by atoms with van der Waals surface area (Å²) in [5.41, 5.74) is 0. The number of hydrogen-bond donors (Lipinski definition) is 1. The average molecular weight is 170 g/mol. The fourth-order valence-electron chi connectivity index (χ4n) is 1.06. The van der Waals surface area contributed by atoms with Crippen LogP contribution in [-0.2, 0) is 0 Å². The second-order valence-corrected chi connectivity index (χ2v) is 2.61. The van der Waals surface area contributed by atoms with Crippen LogP contribution in [0.15, 0.2) is 0 Å². The van der Waals surface area contributed by atoms with E-state index in [1.54, 1.807) is 0 Å². The van der Waals surface area contributed by atoms with Gasteiger partial charge >= 0.3 is 0 Å². The molecule has 56 valence electrons. The molecule has 3 heteroatoms. The zero-order valence-electron chi connectivity index (χ0n) is 5.40. The number of nitrogens with one attached hydrogen (secondary N) is 1. The summed E-state index contributed by atoms with van der Waals surface area (Å²) in [5, 5.41) is 3.34. The molecule has 9 heavy (non-hydrogen) atoms. The molecule has 0 aromatic carbocycles. The van der Waals surface area contributed by atoms with Gasteiger partial charge in [-0.05, 0) is 19.4 Å². The van der Waals surface area contributed by atoms with Crippen molar-refractivity contribution in [1.82, 2.24) is 5.32 Å². The Morgan fingerprint density at radius 1 is 1.44 bits per heavy atom. The van der Waals surface area contributed by atoms with Crippen LogP contribution in [-0.4, -0.2) is 18.5 Å². The van der Waals surface area contributed by atoms with Gasteiger partial charge in [-0.25, -0.2) is 0 Å². The predicted molar refractivity (Wildman–Crippen MR) is 43.6 cm³/mol. The molecule has 0 aromatic rings. The zero-order valence-corrected chi connectivity index (χ0v) is 6.97. The second kappa shape index (κ2) is 5.33. The maximum absolute atomic E-state index is 5.62. The van der Waals surface area contributed by atoms with Crippen LogP contribution in [0.4, 0.5) is 0 Å². The van der Waals surface area contributed by atoms with E-state index in [1.807, 2.05) is 0 Å². The second-order valence-electron chi connectivity index (χ2n) is 2.30. The van der Waals surface area contributed by atoms with E-state index in [4.69, 9.17) is 11.6 Å². The van der Waals surface area contributed by atoms with Crippen molar-refractivity contribution in [3.8, 4) is 0 Å². The van der Waals surface area contributed by atoms with Crippen molar-refractivity contribution in [3.05, 3.63) is 0 Å². The van der Waals surface area contributed by atoms with Gasteiger partial charge in [0, 0.05) is 11.9 Å². The Balaban J connectivity index is 0.000000640. The Morgan fingerprint density at radius 3 is 2.56 bits per heavy atom. The Hall–Kier alpha value is 0.540. The lowest BCUT2D eigenvalue weighted by Crippen LogP contribution is -2.35. The molecule has 1 aliphatic heterocycles. The Labute approximate surface area is 67.6 Å². The molecule has 1 unspecified atom stereocenters. The molecule has 1 saturated heterocycles. The number of hydrogen-bond acceptors (Lipinski definition) is 1. The number of halogens is 2. The molecule has 1 N–H and O–H groups in total. The largest absolute Gasteiger partial charge is 0.313 e. The molecular formula is C6H13Cl2N. The van der Waals surface area contributed by atoms with Crippen LogP contribution in [0.3, 0.4) is 0 Å². The molecule has 1 fully saturated rings. The van der Waals surface area contributed by atoms with Crippen LogP contribution in [0, 0.1) is 0 Å². The molecular weight excluding hydrogens is 157 g/mol. The van der Waals surface area contributed by atoms with E-state index in [-0.39, 0.29) is 12.4 Å². The van der Waals surface area contributed by atoms with Gasteiger partial charge in [0.25, 0.3) is 0 Å². The van der Waals surface area contributed by atoms with Crippen molar-refractivity contribution in [2.24, 2.45) is 0 Å². The summed E-state index contributed by atoms with van der Waals surface area (Å²) in [6.45, 7) is 1.16. The molecule has 0 aliphatic carbocycles. The van der Waals surface area contributed by atoms with Crippen LogP contribution in [0.1, 0.15) is 19.3 Å². The average Bonchev–Trinajstić information content (AvgIpc) is 1.90. The summed E-state index contributed by atoms with van der Waals surface area (Å²) < 4.78 is 0. The third-order valence-corrected chi connectivity index (χ3v) is 1.97. The summed E-state index contributed by atoms with van der Waals surface area (Å²) in [4.78, 5) is 0. The van der Waals surface area contributed by atoms with Gasteiger partial charge in [-0.15, -0.1) is 24.0 Å². The molecule has 1 rings (SSSR count). The minimum absolute atomic E-state index is 0. The summed E-state index contributed by atoms with van der Waals surface area (Å²) in [5.74, 6) is 0.778. The van der Waals surface area contributed by atoms with Gasteiger partial charge in [0.05, 0.1) is 0 Å². The maximum Gasteiger partial charge on any atom is 0.0377 e. The first-order valence-electron chi connectivity index (χ1n) is 3.23. The van der Waals surface area contributed by atoms with E-state index in [1.165, 1.54) is 19.3 Å². The van der Waals surface area contributed by atoms with Crippen LogP contribution in [0.2, 0.25) is 0 Å². The highest BCUT2D eigenvalue weighted by Crippen LogP contribution is 2.07. The molecule has 0 saturated carbocycles. The van der Waals surface area contributed by atoms with E-state index in [2.05, 4.69) is 5.32 Å². The van der Waals surface area contributed by atoms with E-state index in [0.717, 1.165) is 12.4 Å². The highest BCUT2D eigenvalue weighted by atomic mass is 35.5. The minimum atomic E-state index is 0. The normalized spacial score (nSPS) is 27.0. The first kappa shape index (κ1) is 9.54. The predicted octanol–water partition coefficient (Wildman–Crippen LogP) is 1.79. The molecule has 0 bridgehead atoms. The molecule has 1 nitrogen and oxygen atoms in total. The minimum Gasteiger partial charge on any atom is -0.313 e. The van der Waals surface area contributed by atoms with E-state index < -0.39 is 0 Å². The number of rotatable bonds is 1. The van der Waals surface area contributed by atoms with Gasteiger partial charge in [0.15, 0.2) is 0 Å². The Kier molecular flexibility index (Phi) is 5.65. The first-order chi connectivity index (χ1) is 3.93. The lowest BCUT2D eigenvalue weighted by atomic mass is 10.1. The monoisotopic (exact) mass is 169 g/mol. The highest BCUT2D eigenvalue weighted by Gasteiger charge is 2.09. The van der Waals surface area contributed by atoms with Crippen molar-refractivity contribution < 1.29 is 0 Å². The smallest absolute Gasteiger partial charge is 0.0377 e. The summed E-state index contributed by atoms with van der Waals surface area (Å²) in [6.07, 6.45) is 3.95. The highest BCUT2D eigenvalue weighted by molar-refractivity contribution is 6.18. The molecule has 0 radical (unpaired) electrons. The fraction of sp³-hybridized carbons (Fsp3) is 1.00. The van der Waals surface area contributed by atoms with Crippen LogP contribution < -0.4 is 5.32 Å². The van der Waals surface area contributed by atoms with Crippen LogP contribution in [0.5, 0.6) is 0 Å². The standard InChI is InChI=1S/C6H12ClN.ClH/c7-5-6-3-1-2-4-8-6;/h6,8H,1-5H2;1H. The van der Waals surface area contributed by atoms with Crippen molar-refractivity contribution >= 4 is 24.0 Å². The number of alkyl halides is 1. The maximum atomic E-state index is 5.62. The molecule has 0 amide bonds. The van der Waals surface area contributed by atoms with Gasteiger partial charge in [0.2, 0.25) is 0 Å². The van der Waals surface area contributed by atoms with E-state index in [0.29, 0.717) is 6.04 Å². The molecule has 0 aromatic heterocycles. The molecule has 0 spiro atoms. The molecule has 1 aliphatic rings. The van der Waals surface area contributed by atoms with Gasteiger partial charge in [0.1, 0.15) is 0 Å². The third kappa shape index (κ3) is 3.29. The van der Waals surface area contributed by atoms with Gasteiger partial charge in [-0.1, -0.05) is 6.42 Å². The lowest BCUT2D eigenvalue weighted by molar-refractivity contribution is 0.428. The topological polar surface area (TPSA) is 12.0 Å². The number of piperidine rings is 1. The zero-order chi connectivity index (χ0) is 5.82. The molecule has 1 heterocycles. The Bertz CT molecular complexity index is 62.1. The Morgan fingerprint density at radius 2 is 2.22 bits per heavy atom.